The van der Waals surface area contributed by atoms with Gasteiger partial charge in [0.25, 0.3) is 0 Å². The van der Waals surface area contributed by atoms with E-state index in [4.69, 9.17) is 11.6 Å². The number of para-hydroxylation sites is 1. The van der Waals surface area contributed by atoms with E-state index in [9.17, 15) is 4.39 Å². The van der Waals surface area contributed by atoms with E-state index in [1.165, 1.54) is 6.07 Å². The molecule has 2 aromatic rings. The SMILES string of the molecule is CCN(c1ccc(CCl)cc1)c1ccccc1F. The molecule has 0 saturated heterocycles. The molecule has 0 fully saturated rings. The van der Waals surface area contributed by atoms with E-state index in [0.29, 0.717) is 18.1 Å². The van der Waals surface area contributed by atoms with Crippen molar-refractivity contribution in [3.05, 3.63) is 59.9 Å². The van der Waals surface area contributed by atoms with Gasteiger partial charge in [-0.25, -0.2) is 4.39 Å². The molecule has 0 unspecified atom stereocenters. The average molecular weight is 264 g/mol. The Morgan fingerprint density at radius 1 is 1.06 bits per heavy atom. The summed E-state index contributed by atoms with van der Waals surface area (Å²) in [4.78, 5) is 1.94. The molecular weight excluding hydrogens is 249 g/mol. The maximum atomic E-state index is 13.8. The van der Waals surface area contributed by atoms with Gasteiger partial charge < -0.3 is 4.90 Å². The lowest BCUT2D eigenvalue weighted by molar-refractivity contribution is 0.625. The molecule has 0 radical (unpaired) electrons. The highest BCUT2D eigenvalue weighted by molar-refractivity contribution is 6.17. The molecule has 0 atom stereocenters. The first-order chi connectivity index (χ1) is 8.76. The summed E-state index contributed by atoms with van der Waals surface area (Å²) < 4.78 is 13.8. The molecule has 0 bridgehead atoms. The Hall–Kier alpha value is -1.54. The van der Waals surface area contributed by atoms with Crippen LogP contribution < -0.4 is 4.90 Å². The van der Waals surface area contributed by atoms with E-state index >= 15 is 0 Å². The van der Waals surface area contributed by atoms with Crippen LogP contribution in [0.3, 0.4) is 0 Å². The summed E-state index contributed by atoms with van der Waals surface area (Å²) in [5.74, 6) is 0.285. The average Bonchev–Trinajstić information content (AvgIpc) is 2.42. The van der Waals surface area contributed by atoms with E-state index in [0.717, 1.165) is 11.3 Å². The number of hydrogen-bond donors (Lipinski definition) is 0. The second kappa shape index (κ2) is 5.87. The summed E-state index contributed by atoms with van der Waals surface area (Å²) in [6.45, 7) is 2.71. The quantitative estimate of drug-likeness (QED) is 0.722. The lowest BCUT2D eigenvalue weighted by atomic mass is 10.2. The van der Waals surface area contributed by atoms with E-state index in [2.05, 4.69) is 0 Å². The highest BCUT2D eigenvalue weighted by atomic mass is 35.5. The molecule has 0 N–H and O–H groups in total. The Kier molecular flexibility index (Phi) is 4.21. The molecular formula is C15H15ClFN. The van der Waals surface area contributed by atoms with E-state index in [1.807, 2.05) is 42.2 Å². The zero-order chi connectivity index (χ0) is 13.0. The summed E-state index contributed by atoms with van der Waals surface area (Å²) in [7, 11) is 0. The molecule has 0 amide bonds. The monoisotopic (exact) mass is 263 g/mol. The molecule has 1 nitrogen and oxygen atoms in total. The van der Waals surface area contributed by atoms with Crippen LogP contribution in [0.4, 0.5) is 15.8 Å². The lowest BCUT2D eigenvalue weighted by Crippen LogP contribution is -2.17. The number of nitrogens with zero attached hydrogens (tertiary/aromatic N) is 1. The second-order valence-corrected chi connectivity index (χ2v) is 4.26. The maximum Gasteiger partial charge on any atom is 0.146 e. The Bertz CT molecular complexity index is 510. The maximum absolute atomic E-state index is 13.8. The normalized spacial score (nSPS) is 10.4. The van der Waals surface area contributed by atoms with Crippen LogP contribution in [0.1, 0.15) is 12.5 Å². The van der Waals surface area contributed by atoms with Crippen molar-refractivity contribution in [3.8, 4) is 0 Å². The summed E-state index contributed by atoms with van der Waals surface area (Å²) in [5.41, 5.74) is 2.63. The van der Waals surface area contributed by atoms with Gasteiger partial charge in [0.2, 0.25) is 0 Å². The van der Waals surface area contributed by atoms with E-state index < -0.39 is 0 Å². The van der Waals surface area contributed by atoms with Crippen LogP contribution in [0.5, 0.6) is 0 Å². The fourth-order valence-corrected chi connectivity index (χ4v) is 2.11. The van der Waals surface area contributed by atoms with Crippen molar-refractivity contribution < 1.29 is 4.39 Å². The van der Waals surface area contributed by atoms with Crippen molar-refractivity contribution >= 4 is 23.0 Å². The van der Waals surface area contributed by atoms with E-state index in [-0.39, 0.29) is 5.82 Å². The third-order valence-corrected chi connectivity index (χ3v) is 3.17. The molecule has 2 aromatic carbocycles. The molecule has 0 aliphatic rings. The number of anilines is 2. The molecule has 94 valence electrons. The number of hydrogen-bond acceptors (Lipinski definition) is 1. The Balaban J connectivity index is 2.36. The highest BCUT2D eigenvalue weighted by Crippen LogP contribution is 2.27. The van der Waals surface area contributed by atoms with Crippen molar-refractivity contribution in [2.24, 2.45) is 0 Å². The van der Waals surface area contributed by atoms with Gasteiger partial charge in [-0.1, -0.05) is 24.3 Å². The molecule has 0 aromatic heterocycles. The van der Waals surface area contributed by atoms with Gasteiger partial charge in [0.05, 0.1) is 5.69 Å². The molecule has 18 heavy (non-hydrogen) atoms. The first kappa shape index (κ1) is 12.9. The van der Waals surface area contributed by atoms with Gasteiger partial charge >= 0.3 is 0 Å². The van der Waals surface area contributed by atoms with Gasteiger partial charge in [-0.05, 0) is 36.8 Å². The minimum atomic E-state index is -0.208. The molecule has 0 heterocycles. The van der Waals surface area contributed by atoms with Gasteiger partial charge in [-0.3, -0.25) is 0 Å². The molecule has 0 spiro atoms. The van der Waals surface area contributed by atoms with Crippen molar-refractivity contribution in [2.75, 3.05) is 11.4 Å². The highest BCUT2D eigenvalue weighted by Gasteiger charge is 2.10. The van der Waals surface area contributed by atoms with Crippen LogP contribution in [0.15, 0.2) is 48.5 Å². The minimum Gasteiger partial charge on any atom is -0.339 e. The van der Waals surface area contributed by atoms with Gasteiger partial charge in [0.15, 0.2) is 0 Å². The smallest absolute Gasteiger partial charge is 0.146 e. The number of rotatable bonds is 4. The predicted octanol–water partition coefficient (Wildman–Crippen LogP) is 4.72. The number of benzene rings is 2. The molecule has 3 heteroatoms. The first-order valence-electron chi connectivity index (χ1n) is 5.93. The molecule has 0 aliphatic carbocycles. The van der Waals surface area contributed by atoms with Gasteiger partial charge in [-0.15, -0.1) is 11.6 Å². The zero-order valence-corrected chi connectivity index (χ0v) is 11.0. The molecule has 0 saturated carbocycles. The van der Waals surface area contributed by atoms with E-state index in [1.54, 1.807) is 12.1 Å². The van der Waals surface area contributed by atoms with Gasteiger partial charge in [0, 0.05) is 18.1 Å². The van der Waals surface area contributed by atoms with Crippen LogP contribution in [0.2, 0.25) is 0 Å². The van der Waals surface area contributed by atoms with Crippen molar-refractivity contribution in [1.29, 1.82) is 0 Å². The fourth-order valence-electron chi connectivity index (χ4n) is 1.93. The fraction of sp³-hybridized carbons (Fsp3) is 0.200. The Morgan fingerprint density at radius 2 is 1.72 bits per heavy atom. The lowest BCUT2D eigenvalue weighted by Gasteiger charge is -2.23. The Labute approximate surface area is 112 Å². The zero-order valence-electron chi connectivity index (χ0n) is 10.2. The Morgan fingerprint density at radius 3 is 2.28 bits per heavy atom. The minimum absolute atomic E-state index is 0.208. The summed E-state index contributed by atoms with van der Waals surface area (Å²) in [6, 6.07) is 14.7. The predicted molar refractivity (Wildman–Crippen MR) is 75.1 cm³/mol. The van der Waals surface area contributed by atoms with Gasteiger partial charge in [0.1, 0.15) is 5.82 Å². The third-order valence-electron chi connectivity index (χ3n) is 2.86. The van der Waals surface area contributed by atoms with Crippen molar-refractivity contribution in [2.45, 2.75) is 12.8 Å². The number of alkyl halides is 1. The topological polar surface area (TPSA) is 3.24 Å². The summed E-state index contributed by atoms with van der Waals surface area (Å²) >= 11 is 5.76. The van der Waals surface area contributed by atoms with Crippen LogP contribution in [-0.2, 0) is 5.88 Å². The van der Waals surface area contributed by atoms with Crippen molar-refractivity contribution in [3.63, 3.8) is 0 Å². The summed E-state index contributed by atoms with van der Waals surface area (Å²) in [6.07, 6.45) is 0. The molecule has 0 aliphatic heterocycles. The van der Waals surface area contributed by atoms with Crippen molar-refractivity contribution in [1.82, 2.24) is 0 Å². The number of halogens is 2. The molecule has 2 rings (SSSR count). The largest absolute Gasteiger partial charge is 0.339 e. The first-order valence-corrected chi connectivity index (χ1v) is 6.46. The van der Waals surface area contributed by atoms with Crippen LogP contribution in [0, 0.1) is 5.82 Å². The summed E-state index contributed by atoms with van der Waals surface area (Å²) in [5, 5.41) is 0. The second-order valence-electron chi connectivity index (χ2n) is 4.00. The third kappa shape index (κ3) is 2.65. The van der Waals surface area contributed by atoms with Crippen LogP contribution >= 0.6 is 11.6 Å². The van der Waals surface area contributed by atoms with Crippen LogP contribution in [-0.4, -0.2) is 6.54 Å². The van der Waals surface area contributed by atoms with Crippen LogP contribution in [0.25, 0.3) is 0 Å². The van der Waals surface area contributed by atoms with Gasteiger partial charge in [-0.2, -0.15) is 0 Å². The standard InChI is InChI=1S/C15H15ClFN/c1-2-18(15-6-4-3-5-14(15)17)13-9-7-12(11-16)8-10-13/h3-10H,2,11H2,1H3.